The molecule has 4 aromatic rings. The molecule has 0 unspecified atom stereocenters. The van der Waals surface area contributed by atoms with E-state index in [9.17, 15) is 9.90 Å². The Morgan fingerprint density at radius 2 is 1.70 bits per heavy atom. The van der Waals surface area contributed by atoms with Gasteiger partial charge in [0, 0.05) is 17.7 Å². The van der Waals surface area contributed by atoms with Gasteiger partial charge in [0.1, 0.15) is 5.52 Å². The van der Waals surface area contributed by atoms with Gasteiger partial charge in [-0.15, -0.1) is 0 Å². The van der Waals surface area contributed by atoms with E-state index in [4.69, 9.17) is 4.52 Å². The molecule has 27 heavy (non-hydrogen) atoms. The summed E-state index contributed by atoms with van der Waals surface area (Å²) >= 11 is 0. The van der Waals surface area contributed by atoms with Gasteiger partial charge in [-0.1, -0.05) is 65.8 Å². The zero-order chi connectivity index (χ0) is 18.6. The minimum Gasteiger partial charge on any atom is -0.387 e. The van der Waals surface area contributed by atoms with Crippen LogP contribution in [0.5, 0.6) is 0 Å². The number of hydrogen-bond donors (Lipinski definition) is 2. The molecule has 0 saturated heterocycles. The predicted molar refractivity (Wildman–Crippen MR) is 103 cm³/mol. The molecule has 0 radical (unpaired) electrons. The van der Waals surface area contributed by atoms with Gasteiger partial charge in [-0.3, -0.25) is 4.79 Å². The maximum atomic E-state index is 12.5. The van der Waals surface area contributed by atoms with Gasteiger partial charge in [0.25, 0.3) is 5.91 Å². The second-order valence-electron chi connectivity index (χ2n) is 6.25. The Kier molecular flexibility index (Phi) is 4.68. The summed E-state index contributed by atoms with van der Waals surface area (Å²) in [5.41, 5.74) is 2.84. The van der Waals surface area contributed by atoms with Crippen molar-refractivity contribution in [1.29, 1.82) is 0 Å². The summed E-state index contributed by atoms with van der Waals surface area (Å²) in [4.78, 5) is 12.5. The third kappa shape index (κ3) is 3.59. The lowest BCUT2D eigenvalue weighted by atomic mass is 10.1. The van der Waals surface area contributed by atoms with Gasteiger partial charge in [0.05, 0.1) is 11.5 Å². The van der Waals surface area contributed by atoms with E-state index >= 15 is 0 Å². The number of rotatable bonds is 5. The van der Waals surface area contributed by atoms with Crippen LogP contribution in [-0.2, 0) is 0 Å². The van der Waals surface area contributed by atoms with Gasteiger partial charge in [0.15, 0.2) is 5.76 Å². The van der Waals surface area contributed by atoms with Crippen LogP contribution in [0.15, 0.2) is 83.4 Å². The van der Waals surface area contributed by atoms with Crippen LogP contribution in [0.2, 0.25) is 0 Å². The van der Waals surface area contributed by atoms with Crippen LogP contribution in [0.1, 0.15) is 22.0 Å². The number of aromatic nitrogens is 1. The molecule has 1 heterocycles. The summed E-state index contributed by atoms with van der Waals surface area (Å²) < 4.78 is 5.47. The van der Waals surface area contributed by atoms with Crippen LogP contribution in [0, 0.1) is 0 Å². The number of fused-ring (bicyclic) bond motifs is 1. The minimum absolute atomic E-state index is 0.135. The number of amides is 1. The van der Waals surface area contributed by atoms with Crippen LogP contribution >= 0.6 is 0 Å². The molecular weight excluding hydrogens is 340 g/mol. The van der Waals surface area contributed by atoms with Crippen molar-refractivity contribution in [3.8, 4) is 11.3 Å². The third-order valence-corrected chi connectivity index (χ3v) is 4.41. The summed E-state index contributed by atoms with van der Waals surface area (Å²) in [6.45, 7) is 0.135. The van der Waals surface area contributed by atoms with E-state index in [1.807, 2.05) is 60.7 Å². The Hall–Kier alpha value is -3.44. The fourth-order valence-corrected chi connectivity index (χ4v) is 2.96. The van der Waals surface area contributed by atoms with Crippen molar-refractivity contribution in [2.75, 3.05) is 6.54 Å². The summed E-state index contributed by atoms with van der Waals surface area (Å²) in [7, 11) is 0. The Balaban J connectivity index is 1.54. The minimum atomic E-state index is -0.755. The van der Waals surface area contributed by atoms with Crippen LogP contribution in [0.25, 0.3) is 22.2 Å². The van der Waals surface area contributed by atoms with E-state index in [2.05, 4.69) is 10.5 Å². The van der Waals surface area contributed by atoms with Crippen molar-refractivity contribution in [3.05, 3.63) is 90.0 Å². The third-order valence-electron chi connectivity index (χ3n) is 4.41. The SMILES string of the molecule is O=C(NC[C@H](O)c1ccccc1)c1ccc2noc(-c3ccccc3)c2c1. The molecule has 0 aliphatic heterocycles. The number of carbonyl (C=O) groups is 1. The molecule has 0 aliphatic carbocycles. The number of benzene rings is 3. The molecular formula is C22H18N2O3. The van der Waals surface area contributed by atoms with Gasteiger partial charge in [-0.2, -0.15) is 0 Å². The second-order valence-corrected chi connectivity index (χ2v) is 6.25. The molecule has 0 fully saturated rings. The van der Waals surface area contributed by atoms with Gasteiger partial charge in [-0.05, 0) is 23.8 Å². The first-order valence-electron chi connectivity index (χ1n) is 8.68. The van der Waals surface area contributed by atoms with Gasteiger partial charge in [-0.25, -0.2) is 0 Å². The Morgan fingerprint density at radius 1 is 1.00 bits per heavy atom. The highest BCUT2D eigenvalue weighted by atomic mass is 16.5. The molecule has 1 amide bonds. The lowest BCUT2D eigenvalue weighted by Crippen LogP contribution is -2.28. The van der Waals surface area contributed by atoms with E-state index in [0.717, 1.165) is 16.5 Å². The molecule has 2 N–H and O–H groups in total. The number of aliphatic hydroxyl groups excluding tert-OH is 1. The molecule has 3 aromatic carbocycles. The van der Waals surface area contributed by atoms with E-state index in [1.165, 1.54) is 0 Å². The van der Waals surface area contributed by atoms with Crippen LogP contribution in [0.4, 0.5) is 0 Å². The zero-order valence-electron chi connectivity index (χ0n) is 14.5. The lowest BCUT2D eigenvalue weighted by molar-refractivity contribution is 0.0916. The molecule has 5 heteroatoms. The second kappa shape index (κ2) is 7.43. The highest BCUT2D eigenvalue weighted by Crippen LogP contribution is 2.29. The number of nitrogens with zero attached hydrogens (tertiary/aromatic N) is 1. The predicted octanol–water partition coefficient (Wildman–Crippen LogP) is 3.96. The first-order valence-corrected chi connectivity index (χ1v) is 8.68. The molecule has 0 saturated carbocycles. The largest absolute Gasteiger partial charge is 0.387 e. The first kappa shape index (κ1) is 17.0. The highest BCUT2D eigenvalue weighted by Gasteiger charge is 2.15. The van der Waals surface area contributed by atoms with Gasteiger partial charge >= 0.3 is 0 Å². The fourth-order valence-electron chi connectivity index (χ4n) is 2.96. The van der Waals surface area contributed by atoms with E-state index in [-0.39, 0.29) is 12.5 Å². The molecule has 1 aromatic heterocycles. The monoisotopic (exact) mass is 358 g/mol. The highest BCUT2D eigenvalue weighted by molar-refractivity contribution is 6.00. The zero-order valence-corrected chi connectivity index (χ0v) is 14.5. The van der Waals surface area contributed by atoms with Crippen molar-refractivity contribution >= 4 is 16.8 Å². The smallest absolute Gasteiger partial charge is 0.251 e. The average Bonchev–Trinajstić information content (AvgIpc) is 3.16. The van der Waals surface area contributed by atoms with Gasteiger partial charge in [0.2, 0.25) is 0 Å². The van der Waals surface area contributed by atoms with Crippen molar-refractivity contribution < 1.29 is 14.4 Å². The molecule has 0 bridgehead atoms. The average molecular weight is 358 g/mol. The lowest BCUT2D eigenvalue weighted by Gasteiger charge is -2.12. The first-order chi connectivity index (χ1) is 13.2. The topological polar surface area (TPSA) is 75.4 Å². The Labute approximate surface area is 156 Å². The molecule has 134 valence electrons. The number of aliphatic hydroxyl groups is 1. The standard InChI is InChI=1S/C22H18N2O3/c25-20(15-7-3-1-4-8-15)14-23-22(26)17-11-12-19-18(13-17)21(27-24-19)16-9-5-2-6-10-16/h1-13,20,25H,14H2,(H,23,26)/t20-/m0/s1. The normalized spacial score (nSPS) is 12.0. The Morgan fingerprint density at radius 3 is 2.44 bits per heavy atom. The van der Waals surface area contributed by atoms with Crippen LogP contribution < -0.4 is 5.32 Å². The van der Waals surface area contributed by atoms with E-state index in [0.29, 0.717) is 16.8 Å². The summed E-state index contributed by atoms with van der Waals surface area (Å²) in [5, 5.41) is 17.8. The Bertz CT molecular complexity index is 1060. The quantitative estimate of drug-likeness (QED) is 0.566. The number of nitrogens with one attached hydrogen (secondary N) is 1. The molecule has 1 atom stereocenters. The van der Waals surface area contributed by atoms with E-state index < -0.39 is 6.10 Å². The van der Waals surface area contributed by atoms with Crippen molar-refractivity contribution in [2.45, 2.75) is 6.10 Å². The maximum Gasteiger partial charge on any atom is 0.251 e. The van der Waals surface area contributed by atoms with Crippen molar-refractivity contribution in [1.82, 2.24) is 10.5 Å². The number of hydrogen-bond acceptors (Lipinski definition) is 4. The van der Waals surface area contributed by atoms with E-state index in [1.54, 1.807) is 18.2 Å². The molecule has 0 aliphatic rings. The van der Waals surface area contributed by atoms with Gasteiger partial charge < -0.3 is 14.9 Å². The van der Waals surface area contributed by atoms with Crippen LogP contribution in [0.3, 0.4) is 0 Å². The van der Waals surface area contributed by atoms with Crippen LogP contribution in [-0.4, -0.2) is 22.7 Å². The molecule has 0 spiro atoms. The fraction of sp³-hybridized carbons (Fsp3) is 0.0909. The molecule has 5 nitrogen and oxygen atoms in total. The summed E-state index contributed by atoms with van der Waals surface area (Å²) in [5.74, 6) is 0.372. The molecule has 4 rings (SSSR count). The summed E-state index contributed by atoms with van der Waals surface area (Å²) in [6, 6.07) is 24.1. The summed E-state index contributed by atoms with van der Waals surface area (Å²) in [6.07, 6.45) is -0.755. The number of carbonyl (C=O) groups excluding carboxylic acids is 1. The van der Waals surface area contributed by atoms with Crippen molar-refractivity contribution in [2.24, 2.45) is 0 Å². The maximum absolute atomic E-state index is 12.5. The van der Waals surface area contributed by atoms with Crippen molar-refractivity contribution in [3.63, 3.8) is 0 Å².